The molecule has 106 valence electrons. The molecule has 3 unspecified atom stereocenters. The van der Waals surface area contributed by atoms with Crippen LogP contribution in [0.2, 0.25) is 0 Å². The molecule has 1 N–H and O–H groups in total. The molecule has 3 atom stereocenters. The largest absolute Gasteiger partial charge is 0.381 e. The first kappa shape index (κ1) is 14.3. The summed E-state index contributed by atoms with van der Waals surface area (Å²) in [7, 11) is 1.85. The molecule has 2 rings (SSSR count). The van der Waals surface area contributed by atoms with Crippen molar-refractivity contribution in [1.82, 2.24) is 10.2 Å². The first-order chi connectivity index (χ1) is 8.48. The highest BCUT2D eigenvalue weighted by Gasteiger charge is 2.33. The molecule has 1 aliphatic heterocycles. The van der Waals surface area contributed by atoms with Crippen molar-refractivity contribution in [2.24, 2.45) is 5.92 Å². The highest BCUT2D eigenvalue weighted by atomic mass is 16.5. The lowest BCUT2D eigenvalue weighted by Crippen LogP contribution is -2.40. The Balaban J connectivity index is 1.72. The molecule has 0 spiro atoms. The second kappa shape index (κ2) is 5.89. The van der Waals surface area contributed by atoms with Gasteiger partial charge in [-0.25, -0.2) is 0 Å². The lowest BCUT2D eigenvalue weighted by molar-refractivity contribution is 0.0992. The molecule has 0 aromatic carbocycles. The van der Waals surface area contributed by atoms with Gasteiger partial charge in [0.15, 0.2) is 0 Å². The number of ether oxygens (including phenoxy) is 1. The van der Waals surface area contributed by atoms with Crippen LogP contribution < -0.4 is 5.32 Å². The maximum Gasteiger partial charge on any atom is 0.0586 e. The van der Waals surface area contributed by atoms with Crippen molar-refractivity contribution in [2.45, 2.75) is 64.1 Å². The quantitative estimate of drug-likeness (QED) is 0.833. The Kier molecular flexibility index (Phi) is 4.68. The van der Waals surface area contributed by atoms with Gasteiger partial charge < -0.3 is 10.1 Å². The van der Waals surface area contributed by atoms with Crippen molar-refractivity contribution in [3.8, 4) is 0 Å². The standard InChI is InChI=1S/C15H30N2O/c1-15(2,3)16-10-12-7-8-17(11-12)13-5-6-14(9-13)18-4/h12-14,16H,5-11H2,1-4H3. The van der Waals surface area contributed by atoms with E-state index in [1.807, 2.05) is 7.11 Å². The summed E-state index contributed by atoms with van der Waals surface area (Å²) >= 11 is 0. The first-order valence-corrected chi connectivity index (χ1v) is 7.50. The van der Waals surface area contributed by atoms with Gasteiger partial charge in [0, 0.05) is 25.2 Å². The van der Waals surface area contributed by atoms with Crippen LogP contribution in [0.1, 0.15) is 46.5 Å². The highest BCUT2D eigenvalue weighted by Crippen LogP contribution is 2.30. The van der Waals surface area contributed by atoms with Gasteiger partial charge in [-0.1, -0.05) is 0 Å². The molecule has 0 aromatic heterocycles. The molecule has 2 fully saturated rings. The molecule has 1 saturated heterocycles. The summed E-state index contributed by atoms with van der Waals surface area (Å²) < 4.78 is 5.48. The Morgan fingerprint density at radius 1 is 1.22 bits per heavy atom. The molecule has 1 heterocycles. The maximum absolute atomic E-state index is 5.48. The molecule has 1 aliphatic carbocycles. The van der Waals surface area contributed by atoms with Gasteiger partial charge in [-0.3, -0.25) is 4.90 Å². The SMILES string of the molecule is COC1CCC(N2CCC(CNC(C)(C)C)C2)C1. The summed E-state index contributed by atoms with van der Waals surface area (Å²) in [6.45, 7) is 10.5. The van der Waals surface area contributed by atoms with Crippen LogP contribution >= 0.6 is 0 Å². The third-order valence-corrected chi connectivity index (χ3v) is 4.44. The minimum Gasteiger partial charge on any atom is -0.381 e. The van der Waals surface area contributed by atoms with Crippen LogP contribution in [0.25, 0.3) is 0 Å². The summed E-state index contributed by atoms with van der Waals surface area (Å²) in [5.41, 5.74) is 0.252. The zero-order valence-corrected chi connectivity index (χ0v) is 12.5. The monoisotopic (exact) mass is 254 g/mol. The molecular formula is C15H30N2O. The van der Waals surface area contributed by atoms with Crippen molar-refractivity contribution in [3.05, 3.63) is 0 Å². The van der Waals surface area contributed by atoms with E-state index in [0.29, 0.717) is 6.10 Å². The Bertz CT molecular complexity index is 262. The molecule has 18 heavy (non-hydrogen) atoms. The van der Waals surface area contributed by atoms with Crippen LogP contribution in [-0.4, -0.2) is 49.3 Å². The third kappa shape index (κ3) is 3.94. The number of methoxy groups -OCH3 is 1. The number of hydrogen-bond acceptors (Lipinski definition) is 3. The smallest absolute Gasteiger partial charge is 0.0586 e. The Morgan fingerprint density at radius 2 is 2.00 bits per heavy atom. The fourth-order valence-electron chi connectivity index (χ4n) is 3.27. The Labute approximate surface area is 112 Å². The van der Waals surface area contributed by atoms with Gasteiger partial charge in [-0.15, -0.1) is 0 Å². The maximum atomic E-state index is 5.48. The minimum absolute atomic E-state index is 0.252. The summed E-state index contributed by atoms with van der Waals surface area (Å²) in [6.07, 6.45) is 5.70. The molecule has 0 amide bonds. The molecule has 0 bridgehead atoms. The molecule has 3 nitrogen and oxygen atoms in total. The molecule has 3 heteroatoms. The summed E-state index contributed by atoms with van der Waals surface area (Å²) in [5.74, 6) is 0.839. The predicted octanol–water partition coefficient (Wildman–Crippen LogP) is 2.26. The number of hydrogen-bond donors (Lipinski definition) is 1. The van der Waals surface area contributed by atoms with Crippen molar-refractivity contribution in [2.75, 3.05) is 26.7 Å². The van der Waals surface area contributed by atoms with E-state index in [-0.39, 0.29) is 5.54 Å². The van der Waals surface area contributed by atoms with Crippen LogP contribution in [0.3, 0.4) is 0 Å². The fourth-order valence-corrected chi connectivity index (χ4v) is 3.27. The lowest BCUT2D eigenvalue weighted by Gasteiger charge is -2.25. The Hall–Kier alpha value is -0.120. The predicted molar refractivity (Wildman–Crippen MR) is 75.9 cm³/mol. The average molecular weight is 254 g/mol. The van der Waals surface area contributed by atoms with E-state index in [9.17, 15) is 0 Å². The fraction of sp³-hybridized carbons (Fsp3) is 1.00. The van der Waals surface area contributed by atoms with Gasteiger partial charge >= 0.3 is 0 Å². The minimum atomic E-state index is 0.252. The number of likely N-dealkylation sites (tertiary alicyclic amines) is 1. The normalized spacial score (nSPS) is 34.3. The zero-order chi connectivity index (χ0) is 13.2. The Morgan fingerprint density at radius 3 is 2.61 bits per heavy atom. The molecule has 2 aliphatic rings. The van der Waals surface area contributed by atoms with E-state index >= 15 is 0 Å². The van der Waals surface area contributed by atoms with Crippen molar-refractivity contribution < 1.29 is 4.74 Å². The topological polar surface area (TPSA) is 24.5 Å². The van der Waals surface area contributed by atoms with Crippen LogP contribution in [0.15, 0.2) is 0 Å². The highest BCUT2D eigenvalue weighted by molar-refractivity contribution is 4.89. The van der Waals surface area contributed by atoms with E-state index in [1.165, 1.54) is 45.3 Å². The van der Waals surface area contributed by atoms with Crippen LogP contribution in [-0.2, 0) is 4.74 Å². The molecule has 1 saturated carbocycles. The van der Waals surface area contributed by atoms with E-state index in [2.05, 4.69) is 31.0 Å². The zero-order valence-electron chi connectivity index (χ0n) is 12.5. The van der Waals surface area contributed by atoms with Gasteiger partial charge in [0.1, 0.15) is 0 Å². The summed E-state index contributed by atoms with van der Waals surface area (Å²) in [6, 6.07) is 0.787. The van der Waals surface area contributed by atoms with Gasteiger partial charge in [0.05, 0.1) is 6.10 Å². The van der Waals surface area contributed by atoms with Crippen molar-refractivity contribution >= 4 is 0 Å². The third-order valence-electron chi connectivity index (χ3n) is 4.44. The number of nitrogens with one attached hydrogen (secondary N) is 1. The van der Waals surface area contributed by atoms with E-state index in [4.69, 9.17) is 4.74 Å². The molecule has 0 aromatic rings. The summed E-state index contributed by atoms with van der Waals surface area (Å²) in [4.78, 5) is 2.70. The molecular weight excluding hydrogens is 224 g/mol. The first-order valence-electron chi connectivity index (χ1n) is 7.50. The summed E-state index contributed by atoms with van der Waals surface area (Å²) in [5, 5.41) is 3.64. The van der Waals surface area contributed by atoms with Crippen LogP contribution in [0, 0.1) is 5.92 Å². The van der Waals surface area contributed by atoms with Gasteiger partial charge in [-0.2, -0.15) is 0 Å². The lowest BCUT2D eigenvalue weighted by atomic mass is 10.1. The van der Waals surface area contributed by atoms with E-state index in [1.54, 1.807) is 0 Å². The number of rotatable bonds is 4. The van der Waals surface area contributed by atoms with Crippen molar-refractivity contribution in [3.63, 3.8) is 0 Å². The van der Waals surface area contributed by atoms with E-state index in [0.717, 1.165) is 12.0 Å². The number of nitrogens with zero attached hydrogens (tertiary/aromatic N) is 1. The molecule has 0 radical (unpaired) electrons. The second-order valence-electron chi connectivity index (χ2n) is 7.11. The van der Waals surface area contributed by atoms with Crippen LogP contribution in [0.5, 0.6) is 0 Å². The van der Waals surface area contributed by atoms with Crippen molar-refractivity contribution in [1.29, 1.82) is 0 Å². The van der Waals surface area contributed by atoms with E-state index < -0.39 is 0 Å². The average Bonchev–Trinajstić information content (AvgIpc) is 2.94. The second-order valence-corrected chi connectivity index (χ2v) is 7.11. The van der Waals surface area contributed by atoms with Gasteiger partial charge in [0.25, 0.3) is 0 Å². The van der Waals surface area contributed by atoms with Gasteiger partial charge in [0.2, 0.25) is 0 Å². The van der Waals surface area contributed by atoms with Crippen LogP contribution in [0.4, 0.5) is 0 Å². The van der Waals surface area contributed by atoms with Gasteiger partial charge in [-0.05, 0) is 65.5 Å².